The van der Waals surface area contributed by atoms with E-state index in [2.05, 4.69) is 38.4 Å². The molecule has 0 unspecified atom stereocenters. The molecule has 1 aliphatic heterocycles. The van der Waals surface area contributed by atoms with Gasteiger partial charge in [-0.25, -0.2) is 4.98 Å². The van der Waals surface area contributed by atoms with Crippen LogP contribution in [0.15, 0.2) is 36.7 Å². The van der Waals surface area contributed by atoms with Gasteiger partial charge in [0.15, 0.2) is 0 Å². The normalized spacial score (nSPS) is 15.7. The monoisotopic (exact) mass is 271 g/mol. The van der Waals surface area contributed by atoms with Crippen LogP contribution in [-0.2, 0) is 6.54 Å². The molecule has 106 valence electrons. The Morgan fingerprint density at radius 2 is 1.70 bits per heavy atom. The van der Waals surface area contributed by atoms with Crippen LogP contribution in [0.2, 0.25) is 0 Å². The second-order valence-electron chi connectivity index (χ2n) is 5.08. The lowest BCUT2D eigenvalue weighted by molar-refractivity contribution is 0.618. The van der Waals surface area contributed by atoms with E-state index in [1.165, 1.54) is 5.69 Å². The quantitative estimate of drug-likeness (QED) is 0.865. The Bertz CT molecular complexity index is 552. The van der Waals surface area contributed by atoms with Gasteiger partial charge in [-0.2, -0.15) is 0 Å². The number of nitrogens with zero attached hydrogens (tertiary/aromatic N) is 4. The van der Waals surface area contributed by atoms with Crippen LogP contribution in [0, 0.1) is 0 Å². The van der Waals surface area contributed by atoms with E-state index in [1.807, 2.05) is 24.5 Å². The van der Waals surface area contributed by atoms with Crippen LogP contribution in [0.1, 0.15) is 6.92 Å². The second-order valence-corrected chi connectivity index (χ2v) is 5.08. The van der Waals surface area contributed by atoms with Crippen LogP contribution in [0.4, 0.5) is 17.3 Å². The number of nitrogens with two attached hydrogens (primary N) is 1. The molecule has 5 nitrogen and oxygen atoms in total. The Balaban J connectivity index is 1.66. The topological polar surface area (TPSA) is 50.3 Å². The van der Waals surface area contributed by atoms with Crippen molar-refractivity contribution in [2.45, 2.75) is 13.5 Å². The summed E-state index contributed by atoms with van der Waals surface area (Å²) in [5.74, 6) is 1.09. The highest BCUT2D eigenvalue weighted by atomic mass is 15.3. The zero-order chi connectivity index (χ0) is 13.9. The minimum Gasteiger partial charge on any atom is -0.399 e. The molecule has 5 heteroatoms. The molecule has 0 amide bonds. The lowest BCUT2D eigenvalue weighted by Gasteiger charge is -2.36. The molecule has 0 saturated carbocycles. The summed E-state index contributed by atoms with van der Waals surface area (Å²) < 4.78 is 2.19. The molecule has 2 aromatic rings. The number of aromatic nitrogens is 2. The number of benzene rings is 1. The standard InChI is InChI=1S/C15H21N5/c1-2-18-8-7-17-15(18)20-11-9-19(10-12-20)14-5-3-13(16)4-6-14/h3-8H,2,9-12,16H2,1H3. The maximum absolute atomic E-state index is 5.74. The van der Waals surface area contributed by atoms with E-state index in [0.717, 1.165) is 44.4 Å². The summed E-state index contributed by atoms with van der Waals surface area (Å²) in [6, 6.07) is 8.12. The molecule has 0 aliphatic carbocycles. The molecule has 1 aromatic carbocycles. The van der Waals surface area contributed by atoms with E-state index < -0.39 is 0 Å². The van der Waals surface area contributed by atoms with Crippen molar-refractivity contribution in [3.63, 3.8) is 0 Å². The van der Waals surface area contributed by atoms with E-state index in [-0.39, 0.29) is 0 Å². The predicted octanol–water partition coefficient (Wildman–Crippen LogP) is 1.81. The van der Waals surface area contributed by atoms with Crippen molar-refractivity contribution in [3.8, 4) is 0 Å². The third-order valence-electron chi connectivity index (χ3n) is 3.85. The van der Waals surface area contributed by atoms with Crippen molar-refractivity contribution in [2.75, 3.05) is 41.7 Å². The van der Waals surface area contributed by atoms with Crippen molar-refractivity contribution >= 4 is 17.3 Å². The third kappa shape index (κ3) is 2.43. The number of hydrogen-bond acceptors (Lipinski definition) is 4. The molecule has 3 rings (SSSR count). The molecule has 1 aliphatic rings. The summed E-state index contributed by atoms with van der Waals surface area (Å²) in [6.45, 7) is 7.15. The van der Waals surface area contributed by atoms with Gasteiger partial charge in [0.05, 0.1) is 0 Å². The highest BCUT2D eigenvalue weighted by Gasteiger charge is 2.20. The highest BCUT2D eigenvalue weighted by molar-refractivity contribution is 5.54. The Morgan fingerprint density at radius 3 is 2.35 bits per heavy atom. The van der Waals surface area contributed by atoms with Crippen molar-refractivity contribution in [2.24, 2.45) is 0 Å². The van der Waals surface area contributed by atoms with Gasteiger partial charge in [0, 0.05) is 56.5 Å². The lowest BCUT2D eigenvalue weighted by atomic mass is 10.2. The Kier molecular flexibility index (Phi) is 3.50. The van der Waals surface area contributed by atoms with Crippen LogP contribution in [0.3, 0.4) is 0 Å². The minimum absolute atomic E-state index is 0.817. The van der Waals surface area contributed by atoms with Crippen molar-refractivity contribution in [3.05, 3.63) is 36.7 Å². The molecule has 20 heavy (non-hydrogen) atoms. The summed E-state index contributed by atoms with van der Waals surface area (Å²) in [7, 11) is 0. The van der Waals surface area contributed by atoms with Crippen molar-refractivity contribution in [1.29, 1.82) is 0 Å². The summed E-state index contributed by atoms with van der Waals surface area (Å²) in [6.07, 6.45) is 3.92. The molecule has 2 heterocycles. The van der Waals surface area contributed by atoms with Crippen molar-refractivity contribution in [1.82, 2.24) is 9.55 Å². The average molecular weight is 271 g/mol. The SMILES string of the molecule is CCn1ccnc1N1CCN(c2ccc(N)cc2)CC1. The largest absolute Gasteiger partial charge is 0.399 e. The van der Waals surface area contributed by atoms with Crippen LogP contribution >= 0.6 is 0 Å². The smallest absolute Gasteiger partial charge is 0.205 e. The molecule has 2 N–H and O–H groups in total. The zero-order valence-electron chi connectivity index (χ0n) is 11.9. The van der Waals surface area contributed by atoms with E-state index in [9.17, 15) is 0 Å². The molecule has 0 spiro atoms. The molecular formula is C15H21N5. The molecule has 0 radical (unpaired) electrons. The summed E-state index contributed by atoms with van der Waals surface area (Å²) in [5.41, 5.74) is 7.80. The number of nitrogen functional groups attached to an aromatic ring is 1. The maximum atomic E-state index is 5.74. The van der Waals surface area contributed by atoms with E-state index in [4.69, 9.17) is 5.73 Å². The third-order valence-corrected chi connectivity index (χ3v) is 3.85. The van der Waals surface area contributed by atoms with Gasteiger partial charge in [0.25, 0.3) is 0 Å². The Morgan fingerprint density at radius 1 is 1.05 bits per heavy atom. The maximum Gasteiger partial charge on any atom is 0.205 e. The van der Waals surface area contributed by atoms with Gasteiger partial charge >= 0.3 is 0 Å². The fourth-order valence-corrected chi connectivity index (χ4v) is 2.68. The number of rotatable bonds is 3. The van der Waals surface area contributed by atoms with Gasteiger partial charge in [0.2, 0.25) is 5.95 Å². The van der Waals surface area contributed by atoms with Crippen molar-refractivity contribution < 1.29 is 0 Å². The summed E-state index contributed by atoms with van der Waals surface area (Å²) in [5, 5.41) is 0. The first-order valence-corrected chi connectivity index (χ1v) is 7.14. The van der Waals surface area contributed by atoms with Crippen LogP contribution in [-0.4, -0.2) is 35.7 Å². The van der Waals surface area contributed by atoms with E-state index >= 15 is 0 Å². The van der Waals surface area contributed by atoms with Gasteiger partial charge in [-0.1, -0.05) is 0 Å². The molecule has 1 saturated heterocycles. The fraction of sp³-hybridized carbons (Fsp3) is 0.400. The summed E-state index contributed by atoms with van der Waals surface area (Å²) in [4.78, 5) is 9.23. The number of aryl methyl sites for hydroxylation is 1. The Hall–Kier alpha value is -2.17. The Labute approximate surface area is 119 Å². The van der Waals surface area contributed by atoms with Gasteiger partial charge < -0.3 is 20.1 Å². The van der Waals surface area contributed by atoms with Gasteiger partial charge in [0.1, 0.15) is 0 Å². The molecule has 1 aromatic heterocycles. The molecular weight excluding hydrogens is 250 g/mol. The molecule has 0 bridgehead atoms. The van der Waals surface area contributed by atoms with Crippen LogP contribution < -0.4 is 15.5 Å². The first kappa shape index (κ1) is 12.8. The second kappa shape index (κ2) is 5.45. The van der Waals surface area contributed by atoms with E-state index in [1.54, 1.807) is 0 Å². The average Bonchev–Trinajstić information content (AvgIpc) is 2.97. The number of imidazole rings is 1. The van der Waals surface area contributed by atoms with Gasteiger partial charge in [-0.3, -0.25) is 0 Å². The molecule has 0 atom stereocenters. The van der Waals surface area contributed by atoms with E-state index in [0.29, 0.717) is 0 Å². The first-order valence-electron chi connectivity index (χ1n) is 7.14. The summed E-state index contributed by atoms with van der Waals surface area (Å²) >= 11 is 0. The molecule has 1 fully saturated rings. The van der Waals surface area contributed by atoms with Crippen LogP contribution in [0.5, 0.6) is 0 Å². The highest BCUT2D eigenvalue weighted by Crippen LogP contribution is 2.20. The number of piperazine rings is 1. The zero-order valence-corrected chi connectivity index (χ0v) is 11.9. The van der Waals surface area contributed by atoms with Crippen LogP contribution in [0.25, 0.3) is 0 Å². The predicted molar refractivity (Wildman–Crippen MR) is 83.2 cm³/mol. The van der Waals surface area contributed by atoms with Gasteiger partial charge in [-0.15, -0.1) is 0 Å². The first-order chi connectivity index (χ1) is 9.78. The fourth-order valence-electron chi connectivity index (χ4n) is 2.68. The number of anilines is 3. The lowest BCUT2D eigenvalue weighted by Crippen LogP contribution is -2.47. The minimum atomic E-state index is 0.817. The number of hydrogen-bond donors (Lipinski definition) is 1. The van der Waals surface area contributed by atoms with Gasteiger partial charge in [-0.05, 0) is 31.2 Å².